The fourth-order valence-electron chi connectivity index (χ4n) is 1.15. The highest BCUT2D eigenvalue weighted by molar-refractivity contribution is 5.85. The summed E-state index contributed by atoms with van der Waals surface area (Å²) in [6.45, 7) is 5.98. The number of benzene rings is 1. The standard InChI is InChI=1S/C11H15NO2.ClH/c1-3-9(12)8-5-6-10(13)11(7-8)14-4-2;/h3,5-7,9,13H,1,4,12H2,2H3;1H/t9-;/m1./s1. The maximum absolute atomic E-state index is 9.43. The van der Waals surface area contributed by atoms with Gasteiger partial charge in [0, 0.05) is 6.04 Å². The van der Waals surface area contributed by atoms with E-state index >= 15 is 0 Å². The molecule has 0 spiro atoms. The summed E-state index contributed by atoms with van der Waals surface area (Å²) in [6, 6.07) is 4.83. The van der Waals surface area contributed by atoms with Crippen molar-refractivity contribution in [1.29, 1.82) is 0 Å². The Kier molecular flexibility index (Phi) is 5.82. The molecule has 84 valence electrons. The SMILES string of the molecule is C=C[C@@H](N)c1ccc(O)c(OCC)c1.Cl. The molecule has 0 fully saturated rings. The summed E-state index contributed by atoms with van der Waals surface area (Å²) >= 11 is 0. The second-order valence-corrected chi connectivity index (χ2v) is 2.92. The lowest BCUT2D eigenvalue weighted by Gasteiger charge is -2.10. The molecule has 0 unspecified atom stereocenters. The maximum atomic E-state index is 9.43. The summed E-state index contributed by atoms with van der Waals surface area (Å²) in [5.74, 6) is 0.592. The van der Waals surface area contributed by atoms with E-state index in [4.69, 9.17) is 10.5 Å². The number of rotatable bonds is 4. The van der Waals surface area contributed by atoms with E-state index in [9.17, 15) is 5.11 Å². The molecule has 0 aliphatic rings. The average molecular weight is 230 g/mol. The van der Waals surface area contributed by atoms with Crippen molar-refractivity contribution in [3.05, 3.63) is 36.4 Å². The van der Waals surface area contributed by atoms with Crippen molar-refractivity contribution in [2.24, 2.45) is 5.73 Å². The van der Waals surface area contributed by atoms with Crippen LogP contribution in [0.1, 0.15) is 18.5 Å². The van der Waals surface area contributed by atoms with E-state index in [1.807, 2.05) is 6.92 Å². The van der Waals surface area contributed by atoms with Crippen molar-refractivity contribution in [2.75, 3.05) is 6.61 Å². The van der Waals surface area contributed by atoms with E-state index in [-0.39, 0.29) is 24.2 Å². The number of nitrogens with two attached hydrogens (primary N) is 1. The van der Waals surface area contributed by atoms with Crippen molar-refractivity contribution in [2.45, 2.75) is 13.0 Å². The molecule has 1 aromatic carbocycles. The van der Waals surface area contributed by atoms with Crippen LogP contribution in [0.3, 0.4) is 0 Å². The summed E-state index contributed by atoms with van der Waals surface area (Å²) in [5.41, 5.74) is 6.63. The maximum Gasteiger partial charge on any atom is 0.161 e. The minimum atomic E-state index is -0.227. The van der Waals surface area contributed by atoms with Gasteiger partial charge in [-0.05, 0) is 24.6 Å². The van der Waals surface area contributed by atoms with Crippen LogP contribution in [0.2, 0.25) is 0 Å². The van der Waals surface area contributed by atoms with Gasteiger partial charge >= 0.3 is 0 Å². The van der Waals surface area contributed by atoms with Gasteiger partial charge in [0.15, 0.2) is 11.5 Å². The Hall–Kier alpha value is -1.19. The molecule has 3 N–H and O–H groups in total. The highest BCUT2D eigenvalue weighted by Gasteiger charge is 2.06. The first-order chi connectivity index (χ1) is 6.69. The fraction of sp³-hybridized carbons (Fsp3) is 0.273. The number of ether oxygens (including phenoxy) is 1. The van der Waals surface area contributed by atoms with Crippen LogP contribution in [0.15, 0.2) is 30.9 Å². The Balaban J connectivity index is 0.00000196. The van der Waals surface area contributed by atoms with E-state index in [0.29, 0.717) is 12.4 Å². The molecule has 0 amide bonds. The summed E-state index contributed by atoms with van der Waals surface area (Å²) in [5, 5.41) is 9.43. The number of hydrogen-bond donors (Lipinski definition) is 2. The van der Waals surface area contributed by atoms with Crippen LogP contribution in [-0.2, 0) is 0 Å². The molecule has 3 nitrogen and oxygen atoms in total. The normalized spacial score (nSPS) is 11.3. The monoisotopic (exact) mass is 229 g/mol. The van der Waals surface area contributed by atoms with Crippen molar-refractivity contribution in [1.82, 2.24) is 0 Å². The first-order valence-corrected chi connectivity index (χ1v) is 4.53. The third-order valence-corrected chi connectivity index (χ3v) is 1.92. The number of aromatic hydroxyl groups is 1. The molecule has 0 saturated heterocycles. The largest absolute Gasteiger partial charge is 0.504 e. The zero-order chi connectivity index (χ0) is 10.6. The molecule has 0 saturated carbocycles. The molecule has 0 aromatic heterocycles. The third kappa shape index (κ3) is 3.46. The molecule has 4 heteroatoms. The minimum Gasteiger partial charge on any atom is -0.504 e. The molecular weight excluding hydrogens is 214 g/mol. The third-order valence-electron chi connectivity index (χ3n) is 1.92. The van der Waals surface area contributed by atoms with E-state index in [2.05, 4.69) is 6.58 Å². The predicted molar refractivity (Wildman–Crippen MR) is 63.6 cm³/mol. The highest BCUT2D eigenvalue weighted by Crippen LogP contribution is 2.28. The topological polar surface area (TPSA) is 55.5 Å². The van der Waals surface area contributed by atoms with Crippen LogP contribution in [0.4, 0.5) is 0 Å². The van der Waals surface area contributed by atoms with Gasteiger partial charge in [0.2, 0.25) is 0 Å². The molecule has 0 bridgehead atoms. The smallest absolute Gasteiger partial charge is 0.161 e. The molecule has 0 aliphatic heterocycles. The lowest BCUT2D eigenvalue weighted by molar-refractivity contribution is 0.317. The average Bonchev–Trinajstić information content (AvgIpc) is 2.20. The Labute approximate surface area is 96.0 Å². The molecule has 1 aromatic rings. The number of phenols is 1. The van der Waals surface area contributed by atoms with Gasteiger partial charge in [-0.1, -0.05) is 12.1 Å². The summed E-state index contributed by atoms with van der Waals surface area (Å²) in [6.07, 6.45) is 1.64. The van der Waals surface area contributed by atoms with E-state index in [1.54, 1.807) is 24.3 Å². The number of hydrogen-bond acceptors (Lipinski definition) is 3. The fourth-order valence-corrected chi connectivity index (χ4v) is 1.15. The van der Waals surface area contributed by atoms with Gasteiger partial charge in [-0.3, -0.25) is 0 Å². The minimum absolute atomic E-state index is 0. The van der Waals surface area contributed by atoms with E-state index in [1.165, 1.54) is 0 Å². The van der Waals surface area contributed by atoms with Crippen LogP contribution < -0.4 is 10.5 Å². The van der Waals surface area contributed by atoms with Gasteiger partial charge in [-0.25, -0.2) is 0 Å². The molecule has 1 atom stereocenters. The van der Waals surface area contributed by atoms with Crippen molar-refractivity contribution >= 4 is 12.4 Å². The number of phenolic OH excluding ortho intramolecular Hbond substituents is 1. The zero-order valence-corrected chi connectivity index (χ0v) is 9.46. The Bertz CT molecular complexity index is 328. The molecule has 0 aliphatic carbocycles. The molecule has 1 rings (SSSR count). The van der Waals surface area contributed by atoms with Gasteiger partial charge in [0.1, 0.15) is 0 Å². The summed E-state index contributed by atoms with van der Waals surface area (Å²) < 4.78 is 5.23. The van der Waals surface area contributed by atoms with Gasteiger partial charge in [0.25, 0.3) is 0 Å². The first kappa shape index (κ1) is 13.8. The second kappa shape index (κ2) is 6.32. The lowest BCUT2D eigenvalue weighted by Crippen LogP contribution is -2.06. The Morgan fingerprint density at radius 3 is 2.80 bits per heavy atom. The lowest BCUT2D eigenvalue weighted by atomic mass is 10.1. The highest BCUT2D eigenvalue weighted by atomic mass is 35.5. The zero-order valence-electron chi connectivity index (χ0n) is 8.64. The van der Waals surface area contributed by atoms with E-state index in [0.717, 1.165) is 5.56 Å². The van der Waals surface area contributed by atoms with Crippen LogP contribution in [0.25, 0.3) is 0 Å². The van der Waals surface area contributed by atoms with Crippen molar-refractivity contribution in [3.8, 4) is 11.5 Å². The van der Waals surface area contributed by atoms with Gasteiger partial charge in [0.05, 0.1) is 6.61 Å². The van der Waals surface area contributed by atoms with Gasteiger partial charge < -0.3 is 15.6 Å². The first-order valence-electron chi connectivity index (χ1n) is 4.53. The van der Waals surface area contributed by atoms with Crippen LogP contribution in [0.5, 0.6) is 11.5 Å². The Morgan fingerprint density at radius 1 is 1.60 bits per heavy atom. The Morgan fingerprint density at radius 2 is 2.27 bits per heavy atom. The quantitative estimate of drug-likeness (QED) is 0.780. The van der Waals surface area contributed by atoms with Crippen LogP contribution >= 0.6 is 12.4 Å². The summed E-state index contributed by atoms with van der Waals surface area (Å²) in [7, 11) is 0. The molecular formula is C11H16ClNO2. The second-order valence-electron chi connectivity index (χ2n) is 2.92. The van der Waals surface area contributed by atoms with Crippen molar-refractivity contribution in [3.63, 3.8) is 0 Å². The van der Waals surface area contributed by atoms with Crippen molar-refractivity contribution < 1.29 is 9.84 Å². The summed E-state index contributed by atoms with van der Waals surface area (Å²) in [4.78, 5) is 0. The van der Waals surface area contributed by atoms with Crippen LogP contribution in [0, 0.1) is 0 Å². The van der Waals surface area contributed by atoms with Crippen LogP contribution in [-0.4, -0.2) is 11.7 Å². The molecule has 15 heavy (non-hydrogen) atoms. The van der Waals surface area contributed by atoms with Gasteiger partial charge in [-0.2, -0.15) is 0 Å². The van der Waals surface area contributed by atoms with Gasteiger partial charge in [-0.15, -0.1) is 19.0 Å². The predicted octanol–water partition coefficient (Wildman–Crippen LogP) is 2.40. The molecule has 0 heterocycles. The number of halogens is 1. The van der Waals surface area contributed by atoms with E-state index < -0.39 is 0 Å². The molecule has 0 radical (unpaired) electrons.